The van der Waals surface area contributed by atoms with Crippen LogP contribution in [0.25, 0.3) is 6.08 Å². The molecule has 0 amide bonds. The minimum atomic E-state index is 1.21. The Bertz CT molecular complexity index is 315. The van der Waals surface area contributed by atoms with Crippen LogP contribution in [0, 0.1) is 0 Å². The predicted molar refractivity (Wildman–Crippen MR) is 70.7 cm³/mol. The number of hydrogen-bond acceptors (Lipinski definition) is 0. The molecule has 0 atom stereocenters. The van der Waals surface area contributed by atoms with E-state index in [2.05, 4.69) is 25.3 Å². The zero-order valence-corrected chi connectivity index (χ0v) is 9.27. The first kappa shape index (κ1) is 13.2. The molecule has 0 aromatic heterocycles. The van der Waals surface area contributed by atoms with Crippen LogP contribution < -0.4 is 0 Å². The Labute approximate surface area is 93.0 Å². The van der Waals surface area contributed by atoms with Crippen LogP contribution >= 0.6 is 0 Å². The summed E-state index contributed by atoms with van der Waals surface area (Å²) >= 11 is 0. The Morgan fingerprint density at radius 3 is 1.93 bits per heavy atom. The van der Waals surface area contributed by atoms with Crippen LogP contribution in [0.1, 0.15) is 12.5 Å². The zero-order chi connectivity index (χ0) is 11.4. The topological polar surface area (TPSA) is 0 Å². The van der Waals surface area contributed by atoms with Gasteiger partial charge >= 0.3 is 0 Å². The van der Waals surface area contributed by atoms with E-state index in [0.29, 0.717) is 0 Å². The molecule has 0 unspecified atom stereocenters. The van der Waals surface area contributed by atoms with Crippen molar-refractivity contribution in [3.63, 3.8) is 0 Å². The molecule has 0 nitrogen and oxygen atoms in total. The van der Waals surface area contributed by atoms with Crippen molar-refractivity contribution in [2.24, 2.45) is 0 Å². The molecule has 0 fully saturated rings. The van der Waals surface area contributed by atoms with E-state index in [0.717, 1.165) is 0 Å². The molecule has 0 aliphatic rings. The monoisotopic (exact) mass is 198 g/mol. The first-order chi connectivity index (χ1) is 7.35. The molecule has 1 rings (SSSR count). The first-order valence-electron chi connectivity index (χ1n) is 4.93. The summed E-state index contributed by atoms with van der Waals surface area (Å²) in [4.78, 5) is 0. The second-order valence-corrected chi connectivity index (χ2v) is 2.77. The van der Waals surface area contributed by atoms with Crippen molar-refractivity contribution in [3.8, 4) is 0 Å². The lowest BCUT2D eigenvalue weighted by atomic mass is 10.2. The van der Waals surface area contributed by atoms with E-state index in [1.165, 1.54) is 5.56 Å². The van der Waals surface area contributed by atoms with E-state index >= 15 is 0 Å². The van der Waals surface area contributed by atoms with Gasteiger partial charge in [-0.2, -0.15) is 0 Å². The van der Waals surface area contributed by atoms with Crippen LogP contribution in [-0.4, -0.2) is 0 Å². The van der Waals surface area contributed by atoms with Crippen LogP contribution in [0.2, 0.25) is 0 Å². The van der Waals surface area contributed by atoms with Gasteiger partial charge in [-0.05, 0) is 12.5 Å². The molecule has 1 aromatic carbocycles. The second kappa shape index (κ2) is 10.3. The van der Waals surface area contributed by atoms with Crippen molar-refractivity contribution < 1.29 is 0 Å². The van der Waals surface area contributed by atoms with Gasteiger partial charge in [-0.25, -0.2) is 0 Å². The maximum Gasteiger partial charge on any atom is -0.0257 e. The fourth-order valence-corrected chi connectivity index (χ4v) is 0.879. The standard InChI is InChI=1S/C10H10.C5H8/c1-2-3-7-10-8-5-4-6-9-10;1-3-5-4-2/h2-9H,1H2;3-5H,1H2,2H3. The van der Waals surface area contributed by atoms with Crippen molar-refractivity contribution in [1.29, 1.82) is 0 Å². The second-order valence-electron chi connectivity index (χ2n) is 2.77. The summed E-state index contributed by atoms with van der Waals surface area (Å²) in [6.45, 7) is 9.01. The van der Waals surface area contributed by atoms with Gasteiger partial charge in [0.1, 0.15) is 0 Å². The molecule has 0 aliphatic heterocycles. The maximum atomic E-state index is 3.59. The first-order valence-corrected chi connectivity index (χ1v) is 4.93. The summed E-state index contributed by atoms with van der Waals surface area (Å²) in [5, 5.41) is 0. The van der Waals surface area contributed by atoms with Gasteiger partial charge in [0.2, 0.25) is 0 Å². The summed E-state index contributed by atoms with van der Waals surface area (Å²) in [6, 6.07) is 10.1. The van der Waals surface area contributed by atoms with E-state index in [-0.39, 0.29) is 0 Å². The summed E-state index contributed by atoms with van der Waals surface area (Å²) < 4.78 is 0. The van der Waals surface area contributed by atoms with E-state index in [1.54, 1.807) is 12.2 Å². The molecule has 1 aromatic rings. The molecule has 0 bridgehead atoms. The van der Waals surface area contributed by atoms with Gasteiger partial charge in [-0.15, -0.1) is 0 Å². The van der Waals surface area contributed by atoms with Gasteiger partial charge in [0.25, 0.3) is 0 Å². The normalized spacial score (nSPS) is 9.67. The van der Waals surface area contributed by atoms with E-state index in [9.17, 15) is 0 Å². The molecule has 0 heteroatoms. The maximum absolute atomic E-state index is 3.59. The summed E-state index contributed by atoms with van der Waals surface area (Å²) in [5.74, 6) is 0. The Morgan fingerprint density at radius 2 is 1.53 bits per heavy atom. The van der Waals surface area contributed by atoms with Gasteiger partial charge in [0.05, 0.1) is 0 Å². The molecule has 15 heavy (non-hydrogen) atoms. The SMILES string of the molecule is C=CC=CC.C=CC=Cc1ccccc1. The molecule has 0 heterocycles. The minimum Gasteiger partial charge on any atom is -0.0991 e. The van der Waals surface area contributed by atoms with Crippen molar-refractivity contribution in [1.82, 2.24) is 0 Å². The van der Waals surface area contributed by atoms with E-state index < -0.39 is 0 Å². The fraction of sp³-hybridized carbons (Fsp3) is 0.0667. The zero-order valence-electron chi connectivity index (χ0n) is 9.27. The van der Waals surface area contributed by atoms with Crippen LogP contribution in [0.15, 0.2) is 73.9 Å². The molecule has 0 N–H and O–H groups in total. The Hall–Kier alpha value is -1.82. The lowest BCUT2D eigenvalue weighted by Gasteiger charge is -1.87. The molecular formula is C15H18. The average molecular weight is 198 g/mol. The highest BCUT2D eigenvalue weighted by molar-refractivity contribution is 5.50. The number of rotatable bonds is 3. The quantitative estimate of drug-likeness (QED) is 0.621. The lowest BCUT2D eigenvalue weighted by molar-refractivity contribution is 1.66. The van der Waals surface area contributed by atoms with Crippen molar-refractivity contribution in [2.45, 2.75) is 6.92 Å². The van der Waals surface area contributed by atoms with Crippen LogP contribution in [-0.2, 0) is 0 Å². The molecule has 0 saturated carbocycles. The molecule has 0 radical (unpaired) electrons. The summed E-state index contributed by atoms with van der Waals surface area (Å²) in [7, 11) is 0. The summed E-state index contributed by atoms with van der Waals surface area (Å²) in [5.41, 5.74) is 1.21. The van der Waals surface area contributed by atoms with Crippen molar-refractivity contribution in [3.05, 3.63) is 79.4 Å². The van der Waals surface area contributed by atoms with Gasteiger partial charge < -0.3 is 0 Å². The largest absolute Gasteiger partial charge is 0.0991 e. The van der Waals surface area contributed by atoms with Gasteiger partial charge in [-0.3, -0.25) is 0 Å². The lowest BCUT2D eigenvalue weighted by Crippen LogP contribution is -1.65. The number of allylic oxidation sites excluding steroid dienone is 5. The molecule has 0 aliphatic carbocycles. The van der Waals surface area contributed by atoms with E-state index in [4.69, 9.17) is 0 Å². The third-order valence-corrected chi connectivity index (χ3v) is 1.55. The third kappa shape index (κ3) is 8.51. The molecule has 78 valence electrons. The number of benzene rings is 1. The van der Waals surface area contributed by atoms with Gasteiger partial charge in [0.15, 0.2) is 0 Å². The molecule has 0 saturated heterocycles. The minimum absolute atomic E-state index is 1.21. The predicted octanol–water partition coefficient (Wildman–Crippen LogP) is 4.63. The molecule has 0 spiro atoms. The Morgan fingerprint density at radius 1 is 0.933 bits per heavy atom. The van der Waals surface area contributed by atoms with Crippen molar-refractivity contribution >= 4 is 6.08 Å². The fourth-order valence-electron chi connectivity index (χ4n) is 0.879. The van der Waals surface area contributed by atoms with Crippen LogP contribution in [0.3, 0.4) is 0 Å². The average Bonchev–Trinajstić information content (AvgIpc) is 2.30. The van der Waals surface area contributed by atoms with Gasteiger partial charge in [0, 0.05) is 0 Å². The third-order valence-electron chi connectivity index (χ3n) is 1.55. The Kier molecular flexibility index (Phi) is 9.02. The smallest absolute Gasteiger partial charge is 0.0257 e. The molecular weight excluding hydrogens is 180 g/mol. The van der Waals surface area contributed by atoms with Crippen LogP contribution in [0.4, 0.5) is 0 Å². The summed E-state index contributed by atoms with van der Waals surface area (Å²) in [6.07, 6.45) is 11.3. The van der Waals surface area contributed by atoms with E-state index in [1.807, 2.05) is 49.4 Å². The Balaban J connectivity index is 0.000000336. The van der Waals surface area contributed by atoms with Crippen LogP contribution in [0.5, 0.6) is 0 Å². The highest BCUT2D eigenvalue weighted by atomic mass is 13.8. The highest BCUT2D eigenvalue weighted by Crippen LogP contribution is 1.99. The van der Waals surface area contributed by atoms with Gasteiger partial charge in [-0.1, -0.05) is 79.9 Å². The number of hydrogen-bond donors (Lipinski definition) is 0. The van der Waals surface area contributed by atoms with Crippen molar-refractivity contribution in [2.75, 3.05) is 0 Å². The highest BCUT2D eigenvalue weighted by Gasteiger charge is 1.78.